The molecule has 0 aromatic carbocycles. The van der Waals surface area contributed by atoms with E-state index in [-0.39, 0.29) is 5.54 Å². The summed E-state index contributed by atoms with van der Waals surface area (Å²) in [6.45, 7) is 1.01. The number of fused-ring (bicyclic) bond motifs is 2. The van der Waals surface area contributed by atoms with E-state index in [9.17, 15) is 4.79 Å². The molecule has 0 aromatic heterocycles. The Morgan fingerprint density at radius 1 is 1.40 bits per heavy atom. The molecule has 15 heavy (non-hydrogen) atoms. The zero-order valence-corrected chi connectivity index (χ0v) is 9.24. The van der Waals surface area contributed by atoms with Crippen LogP contribution in [0.4, 0.5) is 0 Å². The molecule has 0 spiro atoms. The third-order valence-corrected chi connectivity index (χ3v) is 4.58. The fourth-order valence-electron chi connectivity index (χ4n) is 3.44. The van der Waals surface area contributed by atoms with Gasteiger partial charge in [0.15, 0.2) is 0 Å². The summed E-state index contributed by atoms with van der Waals surface area (Å²) in [5.41, 5.74) is 5.98. The van der Waals surface area contributed by atoms with Gasteiger partial charge in [0.1, 0.15) is 0 Å². The third-order valence-electron chi connectivity index (χ3n) is 4.58. The van der Waals surface area contributed by atoms with Gasteiger partial charge >= 0.3 is 0 Å². The number of carbonyl (C=O) groups is 1. The van der Waals surface area contributed by atoms with E-state index in [1.807, 2.05) is 0 Å². The van der Waals surface area contributed by atoms with Crippen LogP contribution in [0.5, 0.6) is 0 Å². The van der Waals surface area contributed by atoms with Crippen molar-refractivity contribution in [3.63, 3.8) is 0 Å². The van der Waals surface area contributed by atoms with E-state index in [0.717, 1.165) is 25.3 Å². The van der Waals surface area contributed by atoms with Gasteiger partial charge in [-0.2, -0.15) is 0 Å². The Hall–Kier alpha value is -0.570. The van der Waals surface area contributed by atoms with Gasteiger partial charge in [-0.25, -0.2) is 0 Å². The van der Waals surface area contributed by atoms with Crippen LogP contribution in [0.25, 0.3) is 0 Å². The average molecular weight is 208 g/mol. The van der Waals surface area contributed by atoms with Crippen molar-refractivity contribution in [2.45, 2.75) is 56.5 Å². The predicted molar refractivity (Wildman–Crippen MR) is 58.2 cm³/mol. The van der Waals surface area contributed by atoms with Gasteiger partial charge in [-0.15, -0.1) is 0 Å². The Morgan fingerprint density at radius 3 is 2.67 bits per heavy atom. The first-order valence-corrected chi connectivity index (χ1v) is 6.25. The minimum atomic E-state index is -0.140. The molecule has 3 fully saturated rings. The van der Waals surface area contributed by atoms with Gasteiger partial charge < -0.3 is 10.6 Å². The first-order valence-electron chi connectivity index (χ1n) is 6.25. The molecule has 2 aliphatic carbocycles. The minimum Gasteiger partial charge on any atom is -0.339 e. The second-order valence-corrected chi connectivity index (χ2v) is 5.77. The fourth-order valence-corrected chi connectivity index (χ4v) is 3.44. The quantitative estimate of drug-likeness (QED) is 0.743. The van der Waals surface area contributed by atoms with E-state index in [1.54, 1.807) is 0 Å². The summed E-state index contributed by atoms with van der Waals surface area (Å²) in [5, 5.41) is 0. The number of hydrogen-bond donors (Lipinski definition) is 1. The highest BCUT2D eigenvalue weighted by Gasteiger charge is 2.43. The number of rotatable bonds is 2. The molecule has 2 N–H and O–H groups in total. The molecular weight excluding hydrogens is 188 g/mol. The van der Waals surface area contributed by atoms with Gasteiger partial charge in [-0.1, -0.05) is 0 Å². The SMILES string of the molecule is NC1(CC(=O)N2CC3CCC2C3)CCC1. The molecule has 84 valence electrons. The van der Waals surface area contributed by atoms with E-state index < -0.39 is 0 Å². The molecule has 3 nitrogen and oxygen atoms in total. The topological polar surface area (TPSA) is 46.3 Å². The van der Waals surface area contributed by atoms with Gasteiger partial charge in [0.05, 0.1) is 0 Å². The van der Waals surface area contributed by atoms with Crippen LogP contribution in [0, 0.1) is 5.92 Å². The molecule has 1 saturated heterocycles. The highest BCUT2D eigenvalue weighted by Crippen LogP contribution is 2.39. The second kappa shape index (κ2) is 3.21. The molecule has 3 rings (SSSR count). The highest BCUT2D eigenvalue weighted by atomic mass is 16.2. The maximum Gasteiger partial charge on any atom is 0.224 e. The summed E-state index contributed by atoms with van der Waals surface area (Å²) in [6, 6.07) is 0.561. The standard InChI is InChI=1S/C12H20N2O/c13-12(4-1-5-12)7-11(15)14-8-9-2-3-10(14)6-9/h9-10H,1-8,13H2. The summed E-state index contributed by atoms with van der Waals surface area (Å²) in [5.74, 6) is 1.12. The molecule has 2 atom stereocenters. The van der Waals surface area contributed by atoms with Crippen molar-refractivity contribution in [1.29, 1.82) is 0 Å². The van der Waals surface area contributed by atoms with Gasteiger partial charge in [0.2, 0.25) is 5.91 Å². The van der Waals surface area contributed by atoms with Crippen molar-refractivity contribution in [3.05, 3.63) is 0 Å². The first-order chi connectivity index (χ1) is 7.16. The van der Waals surface area contributed by atoms with Crippen LogP contribution >= 0.6 is 0 Å². The Bertz CT molecular complexity index is 285. The molecule has 0 aromatic rings. The van der Waals surface area contributed by atoms with Crippen molar-refractivity contribution < 1.29 is 4.79 Å². The summed E-state index contributed by atoms with van der Waals surface area (Å²) in [7, 11) is 0. The number of likely N-dealkylation sites (tertiary alicyclic amines) is 1. The lowest BCUT2D eigenvalue weighted by Gasteiger charge is -2.39. The number of carbonyl (C=O) groups excluding carboxylic acids is 1. The van der Waals surface area contributed by atoms with E-state index in [1.165, 1.54) is 25.7 Å². The zero-order valence-electron chi connectivity index (χ0n) is 9.24. The average Bonchev–Trinajstić information content (AvgIpc) is 2.75. The van der Waals surface area contributed by atoms with Gasteiger partial charge in [-0.05, 0) is 44.4 Å². The second-order valence-electron chi connectivity index (χ2n) is 5.77. The molecule has 3 heteroatoms. The Kier molecular flexibility index (Phi) is 2.06. The monoisotopic (exact) mass is 208 g/mol. The Morgan fingerprint density at radius 2 is 2.20 bits per heavy atom. The molecule has 0 radical (unpaired) electrons. The van der Waals surface area contributed by atoms with Crippen LogP contribution in [0.3, 0.4) is 0 Å². The van der Waals surface area contributed by atoms with Crippen LogP contribution in [-0.4, -0.2) is 28.9 Å². The van der Waals surface area contributed by atoms with Gasteiger partial charge in [-0.3, -0.25) is 4.79 Å². The van der Waals surface area contributed by atoms with Crippen LogP contribution in [-0.2, 0) is 4.79 Å². The number of nitrogens with two attached hydrogens (primary N) is 1. The molecule has 3 aliphatic rings. The summed E-state index contributed by atoms with van der Waals surface area (Å²) >= 11 is 0. The molecular formula is C12H20N2O. The molecule has 1 amide bonds. The van der Waals surface area contributed by atoms with E-state index >= 15 is 0 Å². The van der Waals surface area contributed by atoms with Gasteiger partial charge in [0.25, 0.3) is 0 Å². The molecule has 1 heterocycles. The van der Waals surface area contributed by atoms with Crippen molar-refractivity contribution in [2.75, 3.05) is 6.54 Å². The van der Waals surface area contributed by atoms with Crippen LogP contribution < -0.4 is 5.73 Å². The highest BCUT2D eigenvalue weighted by molar-refractivity contribution is 5.78. The lowest BCUT2D eigenvalue weighted by atomic mass is 9.75. The van der Waals surface area contributed by atoms with Crippen LogP contribution in [0.15, 0.2) is 0 Å². The summed E-state index contributed by atoms with van der Waals surface area (Å²) in [6.07, 6.45) is 7.70. The first kappa shape index (κ1) is 9.64. The van der Waals surface area contributed by atoms with E-state index in [2.05, 4.69) is 4.90 Å². The molecule has 1 aliphatic heterocycles. The Labute approximate surface area is 91.0 Å². The number of piperidine rings is 1. The number of nitrogens with zero attached hydrogens (tertiary/aromatic N) is 1. The van der Waals surface area contributed by atoms with E-state index in [4.69, 9.17) is 5.73 Å². The Balaban J connectivity index is 1.60. The predicted octanol–water partition coefficient (Wildman–Crippen LogP) is 1.27. The lowest BCUT2D eigenvalue weighted by molar-refractivity contribution is -0.134. The smallest absolute Gasteiger partial charge is 0.224 e. The third kappa shape index (κ3) is 1.57. The minimum absolute atomic E-state index is 0.140. The lowest BCUT2D eigenvalue weighted by Crippen LogP contribution is -2.51. The molecule has 2 saturated carbocycles. The number of hydrogen-bond acceptors (Lipinski definition) is 2. The normalized spacial score (nSPS) is 36.7. The molecule has 2 unspecified atom stereocenters. The number of amides is 1. The maximum absolute atomic E-state index is 12.1. The van der Waals surface area contributed by atoms with Gasteiger partial charge in [0, 0.05) is 24.5 Å². The summed E-state index contributed by atoms with van der Waals surface area (Å²) in [4.78, 5) is 14.2. The van der Waals surface area contributed by atoms with Crippen LogP contribution in [0.1, 0.15) is 44.9 Å². The van der Waals surface area contributed by atoms with Crippen LogP contribution in [0.2, 0.25) is 0 Å². The maximum atomic E-state index is 12.1. The van der Waals surface area contributed by atoms with Crippen molar-refractivity contribution in [1.82, 2.24) is 4.90 Å². The van der Waals surface area contributed by atoms with Crippen molar-refractivity contribution >= 4 is 5.91 Å². The summed E-state index contributed by atoms with van der Waals surface area (Å²) < 4.78 is 0. The van der Waals surface area contributed by atoms with E-state index in [0.29, 0.717) is 18.4 Å². The van der Waals surface area contributed by atoms with Crippen molar-refractivity contribution in [2.24, 2.45) is 11.7 Å². The largest absolute Gasteiger partial charge is 0.339 e. The zero-order chi connectivity index (χ0) is 10.5. The van der Waals surface area contributed by atoms with Crippen molar-refractivity contribution in [3.8, 4) is 0 Å². The molecule has 2 bridgehead atoms. The fraction of sp³-hybridized carbons (Fsp3) is 0.917.